The molecule has 2 aromatic rings. The van der Waals surface area contributed by atoms with Crippen molar-refractivity contribution in [3.05, 3.63) is 53.6 Å². The Morgan fingerprint density at radius 2 is 2.09 bits per heavy atom. The van der Waals surface area contributed by atoms with Gasteiger partial charge in [0.25, 0.3) is 0 Å². The Hall–Kier alpha value is -2.47. The van der Waals surface area contributed by atoms with Crippen molar-refractivity contribution in [1.29, 1.82) is 0 Å². The molecule has 1 aromatic heterocycles. The zero-order chi connectivity index (χ0) is 15.5. The van der Waals surface area contributed by atoms with Crippen LogP contribution in [0, 0.1) is 6.92 Å². The van der Waals surface area contributed by atoms with E-state index in [0.717, 1.165) is 5.56 Å². The van der Waals surface area contributed by atoms with E-state index in [1.807, 2.05) is 30.0 Å². The van der Waals surface area contributed by atoms with Crippen LogP contribution in [0.25, 0.3) is 0 Å². The number of fused-ring (bicyclic) bond motifs is 1. The van der Waals surface area contributed by atoms with Gasteiger partial charge in [-0.25, -0.2) is 9.97 Å². The van der Waals surface area contributed by atoms with Gasteiger partial charge in [-0.2, -0.15) is 0 Å². The second-order valence-corrected chi connectivity index (χ2v) is 5.24. The lowest BCUT2D eigenvalue weighted by atomic mass is 10.0. The first kappa shape index (κ1) is 14.5. The molecule has 0 amide bonds. The number of aromatic nitrogens is 2. The highest BCUT2D eigenvalue weighted by molar-refractivity contribution is 5.77. The lowest BCUT2D eigenvalue weighted by molar-refractivity contribution is -0.143. The minimum absolute atomic E-state index is 0.452. The maximum Gasteiger partial charge on any atom is 0.325 e. The van der Waals surface area contributed by atoms with Crippen molar-refractivity contribution in [1.82, 2.24) is 14.9 Å². The Balaban J connectivity index is 1.92. The molecule has 114 valence electrons. The van der Waals surface area contributed by atoms with Gasteiger partial charge in [0.1, 0.15) is 24.2 Å². The van der Waals surface area contributed by atoms with Crippen LogP contribution in [-0.2, 0) is 11.3 Å². The smallest absolute Gasteiger partial charge is 0.325 e. The van der Waals surface area contributed by atoms with Crippen molar-refractivity contribution in [2.75, 3.05) is 13.2 Å². The molecule has 0 fully saturated rings. The third-order valence-corrected chi connectivity index (χ3v) is 3.67. The maximum absolute atomic E-state index is 11.8. The number of nitrogens with zero attached hydrogens (tertiary/aromatic N) is 3. The molecule has 1 aliphatic rings. The highest BCUT2D eigenvalue weighted by atomic mass is 16.5. The zero-order valence-corrected chi connectivity index (χ0v) is 12.3. The van der Waals surface area contributed by atoms with E-state index in [0.29, 0.717) is 36.8 Å². The fraction of sp³-hybridized carbons (Fsp3) is 0.312. The number of hydrogen-bond donors (Lipinski definition) is 1. The van der Waals surface area contributed by atoms with Crippen molar-refractivity contribution in [3.63, 3.8) is 0 Å². The highest BCUT2D eigenvalue weighted by Crippen LogP contribution is 2.32. The monoisotopic (exact) mass is 299 g/mol. The second-order valence-electron chi connectivity index (χ2n) is 5.24. The summed E-state index contributed by atoms with van der Waals surface area (Å²) in [4.78, 5) is 22.0. The number of ether oxygens (including phenoxy) is 1. The van der Waals surface area contributed by atoms with Gasteiger partial charge in [-0.05, 0) is 13.0 Å². The fourth-order valence-corrected chi connectivity index (χ4v) is 2.63. The van der Waals surface area contributed by atoms with Crippen LogP contribution in [0.2, 0.25) is 0 Å². The third-order valence-electron chi connectivity index (χ3n) is 3.67. The Labute approximate surface area is 128 Å². The van der Waals surface area contributed by atoms with Gasteiger partial charge in [0.05, 0.1) is 0 Å². The number of carboxylic acids is 1. The molecule has 3 rings (SSSR count). The number of benzene rings is 1. The molecule has 0 saturated carbocycles. The van der Waals surface area contributed by atoms with Crippen LogP contribution in [0.15, 0.2) is 36.7 Å². The number of aliphatic carboxylic acids is 1. The van der Waals surface area contributed by atoms with Crippen LogP contribution in [0.5, 0.6) is 5.75 Å². The van der Waals surface area contributed by atoms with Gasteiger partial charge in [-0.15, -0.1) is 0 Å². The number of carboxylic acid groups (broad SMARTS) is 1. The Kier molecular flexibility index (Phi) is 4.02. The molecule has 0 aliphatic carbocycles. The van der Waals surface area contributed by atoms with Gasteiger partial charge in [0, 0.05) is 36.6 Å². The first-order valence-corrected chi connectivity index (χ1v) is 7.11. The summed E-state index contributed by atoms with van der Waals surface area (Å²) in [5.41, 5.74) is 1.57. The normalized spacial score (nSPS) is 18.1. The number of carbonyl (C=O) groups is 1. The number of para-hydroxylation sites is 1. The van der Waals surface area contributed by atoms with Gasteiger partial charge < -0.3 is 9.84 Å². The van der Waals surface area contributed by atoms with E-state index in [-0.39, 0.29) is 0 Å². The van der Waals surface area contributed by atoms with Crippen LogP contribution >= 0.6 is 0 Å². The highest BCUT2D eigenvalue weighted by Gasteiger charge is 2.32. The van der Waals surface area contributed by atoms with E-state index in [2.05, 4.69) is 9.97 Å². The minimum atomic E-state index is -0.883. The first-order chi connectivity index (χ1) is 10.6. The summed E-state index contributed by atoms with van der Waals surface area (Å²) in [5, 5.41) is 9.67. The van der Waals surface area contributed by atoms with E-state index in [1.165, 1.54) is 0 Å². The minimum Gasteiger partial charge on any atom is -0.492 e. The van der Waals surface area contributed by atoms with Crippen LogP contribution in [0.1, 0.15) is 23.0 Å². The Morgan fingerprint density at radius 1 is 1.36 bits per heavy atom. The SMILES string of the molecule is Cc1ncc(CN2CCOc3ccccc3C2C(=O)O)cn1. The van der Waals surface area contributed by atoms with Crippen LogP contribution in [0.4, 0.5) is 0 Å². The molecular weight excluding hydrogens is 282 g/mol. The summed E-state index contributed by atoms with van der Waals surface area (Å²) in [6.07, 6.45) is 3.47. The second kappa shape index (κ2) is 6.11. The van der Waals surface area contributed by atoms with Crippen LogP contribution in [0.3, 0.4) is 0 Å². The zero-order valence-electron chi connectivity index (χ0n) is 12.3. The van der Waals surface area contributed by atoms with E-state index in [9.17, 15) is 9.90 Å². The van der Waals surface area contributed by atoms with Crippen molar-refractivity contribution in [3.8, 4) is 5.75 Å². The molecule has 2 heterocycles. The molecule has 1 aliphatic heterocycles. The molecular formula is C16H17N3O3. The predicted octanol–water partition coefficient (Wildman–Crippen LogP) is 1.81. The maximum atomic E-state index is 11.8. The molecule has 1 aromatic carbocycles. The fourth-order valence-electron chi connectivity index (χ4n) is 2.63. The quantitative estimate of drug-likeness (QED) is 0.931. The Bertz CT molecular complexity index is 673. The topological polar surface area (TPSA) is 75.6 Å². The summed E-state index contributed by atoms with van der Waals surface area (Å²) < 4.78 is 5.68. The van der Waals surface area contributed by atoms with Gasteiger partial charge in [-0.1, -0.05) is 18.2 Å². The summed E-state index contributed by atoms with van der Waals surface area (Å²) in [6.45, 7) is 3.27. The molecule has 1 N–H and O–H groups in total. The number of hydrogen-bond acceptors (Lipinski definition) is 5. The summed E-state index contributed by atoms with van der Waals surface area (Å²) in [5.74, 6) is 0.451. The summed E-state index contributed by atoms with van der Waals surface area (Å²) in [7, 11) is 0. The largest absolute Gasteiger partial charge is 0.492 e. The van der Waals surface area contributed by atoms with Gasteiger partial charge in [0.2, 0.25) is 0 Å². The number of aryl methyl sites for hydroxylation is 1. The molecule has 6 heteroatoms. The molecule has 0 radical (unpaired) electrons. The van der Waals surface area contributed by atoms with Crippen molar-refractivity contribution in [2.45, 2.75) is 19.5 Å². The molecule has 0 bridgehead atoms. The van der Waals surface area contributed by atoms with Gasteiger partial charge in [0.15, 0.2) is 0 Å². The summed E-state index contributed by atoms with van der Waals surface area (Å²) >= 11 is 0. The molecule has 1 unspecified atom stereocenters. The van der Waals surface area contributed by atoms with E-state index < -0.39 is 12.0 Å². The van der Waals surface area contributed by atoms with Crippen molar-refractivity contribution < 1.29 is 14.6 Å². The van der Waals surface area contributed by atoms with Crippen molar-refractivity contribution >= 4 is 5.97 Å². The molecule has 0 saturated heterocycles. The van der Waals surface area contributed by atoms with E-state index in [1.54, 1.807) is 18.5 Å². The Morgan fingerprint density at radius 3 is 2.82 bits per heavy atom. The summed E-state index contributed by atoms with van der Waals surface area (Å²) in [6, 6.07) is 6.56. The molecule has 22 heavy (non-hydrogen) atoms. The average molecular weight is 299 g/mol. The lowest BCUT2D eigenvalue weighted by Crippen LogP contribution is -2.34. The van der Waals surface area contributed by atoms with Gasteiger partial charge in [-0.3, -0.25) is 9.69 Å². The van der Waals surface area contributed by atoms with Crippen LogP contribution in [-0.4, -0.2) is 39.1 Å². The molecule has 0 spiro atoms. The van der Waals surface area contributed by atoms with E-state index >= 15 is 0 Å². The van der Waals surface area contributed by atoms with Gasteiger partial charge >= 0.3 is 5.97 Å². The first-order valence-electron chi connectivity index (χ1n) is 7.11. The van der Waals surface area contributed by atoms with E-state index in [4.69, 9.17) is 4.74 Å². The average Bonchev–Trinajstić information content (AvgIpc) is 2.68. The van der Waals surface area contributed by atoms with Crippen LogP contribution < -0.4 is 4.74 Å². The third kappa shape index (κ3) is 2.92. The molecule has 1 atom stereocenters. The van der Waals surface area contributed by atoms with Crippen molar-refractivity contribution in [2.24, 2.45) is 0 Å². The lowest BCUT2D eigenvalue weighted by Gasteiger charge is -2.26. The predicted molar refractivity (Wildman–Crippen MR) is 79.5 cm³/mol. The number of rotatable bonds is 3. The molecule has 6 nitrogen and oxygen atoms in total. The standard InChI is InChI=1S/C16H17N3O3/c1-11-17-8-12(9-18-11)10-19-6-7-22-14-5-3-2-4-13(14)15(19)16(20)21/h2-5,8-9,15H,6-7,10H2,1H3,(H,20,21).